The molecule has 2 aliphatic rings. The van der Waals surface area contributed by atoms with Crippen LogP contribution < -0.4 is 10.2 Å². The first kappa shape index (κ1) is 28.6. The first-order valence-corrected chi connectivity index (χ1v) is 12.6. The zero-order chi connectivity index (χ0) is 28.2. The molecule has 0 atom stereocenters. The van der Waals surface area contributed by atoms with E-state index in [0.717, 1.165) is 12.1 Å². The van der Waals surface area contributed by atoms with Crippen LogP contribution in [-0.2, 0) is 21.9 Å². The summed E-state index contributed by atoms with van der Waals surface area (Å²) in [5.74, 6) is -0.161. The van der Waals surface area contributed by atoms with Gasteiger partial charge in [0.15, 0.2) is 0 Å². The molecule has 7 nitrogen and oxygen atoms in total. The highest BCUT2D eigenvalue weighted by Crippen LogP contribution is 2.33. The number of hydrogen-bond acceptors (Lipinski definition) is 5. The third-order valence-corrected chi connectivity index (χ3v) is 7.09. The minimum absolute atomic E-state index is 0.0716. The Morgan fingerprint density at radius 2 is 1.69 bits per heavy atom. The average molecular weight is 557 g/mol. The summed E-state index contributed by atoms with van der Waals surface area (Å²) in [6.07, 6.45) is -5.26. The number of aromatic nitrogens is 1. The second kappa shape index (κ2) is 11.8. The highest BCUT2D eigenvalue weighted by atomic mass is 19.4. The molecule has 39 heavy (non-hydrogen) atoms. The van der Waals surface area contributed by atoms with E-state index in [9.17, 15) is 31.1 Å². The number of carbonyl (C=O) groups excluding carboxylic acids is 1. The first-order chi connectivity index (χ1) is 18.4. The molecule has 1 aromatic carbocycles. The van der Waals surface area contributed by atoms with Crippen LogP contribution in [0.15, 0.2) is 36.5 Å². The van der Waals surface area contributed by atoms with Gasteiger partial charge >= 0.3 is 12.4 Å². The SMILES string of the molecule is N#Cc1ccc([NH2+]C2CCC(OCC(=O)N3CCN(c4ccc(C(F)(F)F)nc4)CC3)CC2)cc1C(F)(F)F. The number of benzene rings is 1. The van der Waals surface area contributed by atoms with Gasteiger partial charge in [-0.25, -0.2) is 4.98 Å². The molecule has 13 heteroatoms. The number of nitriles is 1. The molecule has 4 rings (SSSR count). The summed E-state index contributed by atoms with van der Waals surface area (Å²) in [6.45, 7) is 1.67. The van der Waals surface area contributed by atoms with Gasteiger partial charge in [0.25, 0.3) is 0 Å². The predicted molar refractivity (Wildman–Crippen MR) is 128 cm³/mol. The Balaban J connectivity index is 1.18. The Kier molecular flexibility index (Phi) is 8.66. The van der Waals surface area contributed by atoms with Crippen molar-refractivity contribution >= 4 is 17.3 Å². The van der Waals surface area contributed by atoms with Gasteiger partial charge in [0, 0.05) is 51.2 Å². The molecule has 2 aromatic rings. The van der Waals surface area contributed by atoms with E-state index < -0.39 is 29.2 Å². The molecule has 0 unspecified atom stereocenters. The molecule has 1 saturated heterocycles. The van der Waals surface area contributed by atoms with Crippen molar-refractivity contribution in [3.8, 4) is 6.07 Å². The zero-order valence-corrected chi connectivity index (χ0v) is 20.9. The normalized spacial score (nSPS) is 20.5. The number of anilines is 1. The van der Waals surface area contributed by atoms with E-state index in [-0.39, 0.29) is 24.7 Å². The van der Waals surface area contributed by atoms with Crippen molar-refractivity contribution < 1.29 is 41.2 Å². The van der Waals surface area contributed by atoms with Gasteiger partial charge in [0.05, 0.1) is 41.2 Å². The number of nitrogens with zero attached hydrogens (tertiary/aromatic N) is 4. The minimum atomic E-state index is -4.60. The fraction of sp³-hybridized carbons (Fsp3) is 0.500. The van der Waals surface area contributed by atoms with E-state index in [1.165, 1.54) is 24.4 Å². The van der Waals surface area contributed by atoms with Gasteiger partial charge in [-0.3, -0.25) is 4.79 Å². The lowest BCUT2D eigenvalue weighted by Gasteiger charge is -2.36. The highest BCUT2D eigenvalue weighted by Gasteiger charge is 2.35. The molecule has 2 fully saturated rings. The molecule has 2 heterocycles. The van der Waals surface area contributed by atoms with Crippen molar-refractivity contribution in [3.63, 3.8) is 0 Å². The third kappa shape index (κ3) is 7.39. The Hall–Kier alpha value is -3.37. The van der Waals surface area contributed by atoms with Crippen LogP contribution >= 0.6 is 0 Å². The number of quaternary nitrogens is 1. The number of hydrogen-bond donors (Lipinski definition) is 1. The van der Waals surface area contributed by atoms with E-state index in [0.29, 0.717) is 63.2 Å². The van der Waals surface area contributed by atoms with Crippen molar-refractivity contribution in [2.45, 2.75) is 50.2 Å². The van der Waals surface area contributed by atoms with Gasteiger partial charge in [-0.05, 0) is 31.0 Å². The number of rotatable bonds is 6. The minimum Gasteiger partial charge on any atom is -0.368 e. The van der Waals surface area contributed by atoms with E-state index in [1.807, 2.05) is 4.90 Å². The standard InChI is InChI=1S/C26H27F6N5O2/c27-25(28,29)22-13-19(2-1-17(22)14-33)35-18-3-6-21(7-4-18)39-16-24(38)37-11-9-36(10-12-37)20-5-8-23(34-15-20)26(30,31)32/h1-2,5,8,13,15,18,21,35H,3-4,6-7,9-12,16H2/p+1. The van der Waals surface area contributed by atoms with Gasteiger partial charge in [0.1, 0.15) is 18.0 Å². The Morgan fingerprint density at radius 1 is 1.00 bits per heavy atom. The van der Waals surface area contributed by atoms with Crippen LogP contribution in [0.1, 0.15) is 42.5 Å². The summed E-state index contributed by atoms with van der Waals surface area (Å²) in [5.41, 5.74) is -1.30. The maximum absolute atomic E-state index is 13.2. The van der Waals surface area contributed by atoms with E-state index in [1.54, 1.807) is 16.3 Å². The molecule has 1 aromatic heterocycles. The van der Waals surface area contributed by atoms with Crippen LogP contribution in [0.3, 0.4) is 0 Å². The van der Waals surface area contributed by atoms with Crippen LogP contribution in [-0.4, -0.2) is 60.7 Å². The lowest BCUT2D eigenvalue weighted by atomic mass is 9.92. The molecule has 0 radical (unpaired) electrons. The number of halogens is 6. The van der Waals surface area contributed by atoms with E-state index >= 15 is 0 Å². The Bertz CT molecular complexity index is 1180. The summed E-state index contributed by atoms with van der Waals surface area (Å²) >= 11 is 0. The molecule has 1 aliphatic heterocycles. The Labute approximate surface area is 221 Å². The van der Waals surface area contributed by atoms with Gasteiger partial charge < -0.3 is 19.9 Å². The third-order valence-electron chi connectivity index (χ3n) is 7.09. The molecule has 0 bridgehead atoms. The van der Waals surface area contributed by atoms with Crippen LogP contribution in [0.25, 0.3) is 0 Å². The van der Waals surface area contributed by atoms with E-state index in [2.05, 4.69) is 4.98 Å². The van der Waals surface area contributed by atoms with Gasteiger partial charge in [-0.1, -0.05) is 0 Å². The molecular weight excluding hydrogens is 528 g/mol. The summed E-state index contributed by atoms with van der Waals surface area (Å²) < 4.78 is 83.6. The number of pyridine rings is 1. The fourth-order valence-electron chi connectivity index (χ4n) is 4.93. The predicted octanol–water partition coefficient (Wildman–Crippen LogP) is 3.86. The number of amides is 1. The quantitative estimate of drug-likeness (QED) is 0.432. The highest BCUT2D eigenvalue weighted by molar-refractivity contribution is 5.77. The number of alkyl halides is 6. The van der Waals surface area contributed by atoms with Crippen molar-refractivity contribution in [1.29, 1.82) is 5.26 Å². The lowest BCUT2D eigenvalue weighted by Crippen LogP contribution is -2.85. The number of piperazine rings is 1. The second-order valence-electron chi connectivity index (χ2n) is 9.70. The number of nitrogens with two attached hydrogens (primary N) is 1. The molecule has 1 amide bonds. The van der Waals surface area contributed by atoms with Crippen molar-refractivity contribution in [3.05, 3.63) is 53.3 Å². The van der Waals surface area contributed by atoms with Crippen LogP contribution in [0.2, 0.25) is 0 Å². The average Bonchev–Trinajstić information content (AvgIpc) is 2.91. The summed E-state index contributed by atoms with van der Waals surface area (Å²) in [5, 5.41) is 10.7. The summed E-state index contributed by atoms with van der Waals surface area (Å²) in [7, 11) is 0. The van der Waals surface area contributed by atoms with Crippen molar-refractivity contribution in [2.75, 3.05) is 37.7 Å². The molecule has 1 saturated carbocycles. The van der Waals surface area contributed by atoms with Crippen LogP contribution in [0, 0.1) is 11.3 Å². The molecule has 210 valence electrons. The Morgan fingerprint density at radius 3 is 2.26 bits per heavy atom. The molecule has 0 spiro atoms. The summed E-state index contributed by atoms with van der Waals surface area (Å²) in [4.78, 5) is 19.7. The maximum Gasteiger partial charge on any atom is 0.433 e. The first-order valence-electron chi connectivity index (χ1n) is 12.6. The van der Waals surface area contributed by atoms with Gasteiger partial charge in [-0.15, -0.1) is 0 Å². The summed E-state index contributed by atoms with van der Waals surface area (Å²) in [6, 6.07) is 7.68. The number of ether oxygens (including phenoxy) is 1. The molecular formula is C26H28F6N5O2+. The van der Waals surface area contributed by atoms with Crippen LogP contribution in [0.4, 0.5) is 37.7 Å². The van der Waals surface area contributed by atoms with Gasteiger partial charge in [0.2, 0.25) is 5.91 Å². The monoisotopic (exact) mass is 556 g/mol. The lowest BCUT2D eigenvalue weighted by molar-refractivity contribution is -0.615. The number of carbonyl (C=O) groups is 1. The van der Waals surface area contributed by atoms with Gasteiger partial charge in [-0.2, -0.15) is 31.6 Å². The maximum atomic E-state index is 13.2. The largest absolute Gasteiger partial charge is 0.433 e. The topological polar surface area (TPSA) is 86.1 Å². The smallest absolute Gasteiger partial charge is 0.368 e. The zero-order valence-electron chi connectivity index (χ0n) is 20.9. The second-order valence-corrected chi connectivity index (χ2v) is 9.70. The fourth-order valence-corrected chi connectivity index (χ4v) is 4.93. The van der Waals surface area contributed by atoms with E-state index in [4.69, 9.17) is 10.00 Å². The van der Waals surface area contributed by atoms with Crippen LogP contribution in [0.5, 0.6) is 0 Å². The molecule has 2 N–H and O–H groups in total. The molecule has 1 aliphatic carbocycles. The van der Waals surface area contributed by atoms with Crippen molar-refractivity contribution in [2.24, 2.45) is 0 Å². The van der Waals surface area contributed by atoms with Crippen molar-refractivity contribution in [1.82, 2.24) is 9.88 Å².